The number of benzene rings is 2. The van der Waals surface area contributed by atoms with Gasteiger partial charge in [0.1, 0.15) is 0 Å². The zero-order valence-electron chi connectivity index (χ0n) is 16.0. The van der Waals surface area contributed by atoms with Gasteiger partial charge in [-0.2, -0.15) is 0 Å². The van der Waals surface area contributed by atoms with E-state index in [0.717, 1.165) is 12.8 Å². The second kappa shape index (κ2) is 7.27. The summed E-state index contributed by atoms with van der Waals surface area (Å²) >= 11 is 2.44. The van der Waals surface area contributed by atoms with Gasteiger partial charge in [-0.05, 0) is 80.3 Å². The van der Waals surface area contributed by atoms with E-state index in [1.165, 1.54) is 36.6 Å². The highest BCUT2D eigenvalue weighted by molar-refractivity contribution is 14.1. The monoisotopic (exact) mass is 464 g/mol. The zero-order chi connectivity index (χ0) is 19.0. The van der Waals surface area contributed by atoms with E-state index in [1.807, 2.05) is 0 Å². The third kappa shape index (κ3) is 3.38. The van der Waals surface area contributed by atoms with Gasteiger partial charge in [-0.25, -0.2) is 0 Å². The summed E-state index contributed by atoms with van der Waals surface area (Å²) in [6.07, 6.45) is 15.5. The molecule has 0 aromatic heterocycles. The summed E-state index contributed by atoms with van der Waals surface area (Å²) < 4.78 is 1.31. The summed E-state index contributed by atoms with van der Waals surface area (Å²) in [5.74, 6) is 0.468. The third-order valence-electron chi connectivity index (χ3n) is 6.18. The first-order valence-corrected chi connectivity index (χ1v) is 10.7. The van der Waals surface area contributed by atoms with E-state index in [2.05, 4.69) is 116 Å². The van der Waals surface area contributed by atoms with Crippen LogP contribution in [0.25, 0.3) is 16.3 Å². The van der Waals surface area contributed by atoms with Crippen molar-refractivity contribution in [1.29, 1.82) is 0 Å². The van der Waals surface area contributed by atoms with Crippen molar-refractivity contribution >= 4 is 38.9 Å². The van der Waals surface area contributed by atoms with Crippen molar-refractivity contribution in [1.82, 2.24) is 0 Å². The van der Waals surface area contributed by atoms with Crippen LogP contribution in [0.15, 0.2) is 90.6 Å². The summed E-state index contributed by atoms with van der Waals surface area (Å²) in [4.78, 5) is 0. The van der Waals surface area contributed by atoms with Crippen molar-refractivity contribution in [3.63, 3.8) is 0 Å². The van der Waals surface area contributed by atoms with E-state index in [0.29, 0.717) is 5.92 Å². The van der Waals surface area contributed by atoms with Crippen molar-refractivity contribution < 1.29 is 0 Å². The number of rotatable bonds is 1. The molecule has 1 unspecified atom stereocenters. The van der Waals surface area contributed by atoms with Crippen LogP contribution in [0.5, 0.6) is 0 Å². The molecule has 1 atom stereocenters. The van der Waals surface area contributed by atoms with E-state index in [-0.39, 0.29) is 5.41 Å². The second-order valence-electron chi connectivity index (χ2n) is 8.07. The lowest BCUT2D eigenvalue weighted by Gasteiger charge is -2.39. The molecule has 2 aliphatic rings. The van der Waals surface area contributed by atoms with E-state index < -0.39 is 0 Å². The van der Waals surface area contributed by atoms with Gasteiger partial charge >= 0.3 is 0 Å². The van der Waals surface area contributed by atoms with Crippen molar-refractivity contribution in [2.45, 2.75) is 26.7 Å². The molecule has 0 heterocycles. The van der Waals surface area contributed by atoms with Gasteiger partial charge in [0.15, 0.2) is 0 Å². The highest BCUT2D eigenvalue weighted by Crippen LogP contribution is 2.48. The average molecular weight is 464 g/mol. The molecule has 0 aliphatic heterocycles. The van der Waals surface area contributed by atoms with Gasteiger partial charge in [0.2, 0.25) is 0 Å². The van der Waals surface area contributed by atoms with E-state index >= 15 is 0 Å². The fourth-order valence-electron chi connectivity index (χ4n) is 4.31. The van der Waals surface area contributed by atoms with Gasteiger partial charge in [0.25, 0.3) is 0 Å². The molecular weight excluding hydrogens is 439 g/mol. The Labute approximate surface area is 176 Å². The normalized spacial score (nSPS) is 24.1. The maximum Gasteiger partial charge on any atom is 0.0209 e. The standard InChI is InChI=1S/C26H25I/c1-18-9-5-4-6-10-19-13-14-20(17-24(19)26(18,2)3)21-15-16-25(27)23-12-8-7-11-22(21)23/h4-9,11-16,24H,1,10,17H2,2-3H3/b6-4-,9-5-. The Balaban J connectivity index is 1.82. The summed E-state index contributed by atoms with van der Waals surface area (Å²) in [6, 6.07) is 13.3. The Kier molecular flexibility index (Phi) is 4.98. The number of allylic oxidation sites excluding steroid dienone is 9. The second-order valence-corrected chi connectivity index (χ2v) is 9.23. The minimum absolute atomic E-state index is 0.0346. The molecule has 0 nitrogen and oxygen atoms in total. The lowest BCUT2D eigenvalue weighted by molar-refractivity contribution is 0.313. The van der Waals surface area contributed by atoms with Crippen LogP contribution in [0.3, 0.4) is 0 Å². The van der Waals surface area contributed by atoms with Gasteiger partial charge in [0, 0.05) is 3.57 Å². The molecule has 136 valence electrons. The Morgan fingerprint density at radius 3 is 2.59 bits per heavy atom. The summed E-state index contributed by atoms with van der Waals surface area (Å²) in [5, 5.41) is 2.70. The van der Waals surface area contributed by atoms with E-state index in [4.69, 9.17) is 0 Å². The lowest BCUT2D eigenvalue weighted by atomic mass is 9.65. The average Bonchev–Trinajstić information content (AvgIpc) is 2.72. The quantitative estimate of drug-likeness (QED) is 0.377. The molecule has 27 heavy (non-hydrogen) atoms. The molecule has 0 saturated carbocycles. The molecule has 0 bridgehead atoms. The molecule has 0 fully saturated rings. The van der Waals surface area contributed by atoms with Crippen LogP contribution in [-0.2, 0) is 0 Å². The van der Waals surface area contributed by atoms with Crippen molar-refractivity contribution in [3.05, 3.63) is 99.7 Å². The highest BCUT2D eigenvalue weighted by Gasteiger charge is 2.35. The van der Waals surface area contributed by atoms with Crippen LogP contribution in [0.1, 0.15) is 32.3 Å². The molecule has 1 heteroatoms. The number of hydrogen-bond acceptors (Lipinski definition) is 0. The Hall–Kier alpha value is -1.87. The van der Waals surface area contributed by atoms with Crippen LogP contribution < -0.4 is 0 Å². The maximum absolute atomic E-state index is 4.39. The molecule has 0 N–H and O–H groups in total. The van der Waals surface area contributed by atoms with E-state index in [9.17, 15) is 0 Å². The molecule has 0 amide bonds. The van der Waals surface area contributed by atoms with Crippen molar-refractivity contribution in [3.8, 4) is 0 Å². The molecule has 2 aliphatic carbocycles. The van der Waals surface area contributed by atoms with Gasteiger partial charge in [0.05, 0.1) is 0 Å². The minimum Gasteiger partial charge on any atom is -0.0953 e. The van der Waals surface area contributed by atoms with Gasteiger partial charge < -0.3 is 0 Å². The Morgan fingerprint density at radius 2 is 1.78 bits per heavy atom. The number of hydrogen-bond donors (Lipinski definition) is 0. The molecule has 0 saturated heterocycles. The Bertz CT molecular complexity index is 1030. The molecule has 0 spiro atoms. The molecule has 4 rings (SSSR count). The maximum atomic E-state index is 4.39. The minimum atomic E-state index is 0.0346. The van der Waals surface area contributed by atoms with Gasteiger partial charge in [-0.3, -0.25) is 0 Å². The van der Waals surface area contributed by atoms with Crippen LogP contribution in [0.4, 0.5) is 0 Å². The van der Waals surface area contributed by atoms with Crippen LogP contribution in [0.2, 0.25) is 0 Å². The Morgan fingerprint density at radius 1 is 1.00 bits per heavy atom. The highest BCUT2D eigenvalue weighted by atomic mass is 127. The molecule has 0 radical (unpaired) electrons. The lowest BCUT2D eigenvalue weighted by Crippen LogP contribution is -2.28. The third-order valence-corrected chi connectivity index (χ3v) is 7.12. The van der Waals surface area contributed by atoms with Gasteiger partial charge in [-0.15, -0.1) is 0 Å². The molecule has 2 aromatic rings. The van der Waals surface area contributed by atoms with Crippen molar-refractivity contribution in [2.75, 3.05) is 0 Å². The van der Waals surface area contributed by atoms with Crippen LogP contribution >= 0.6 is 22.6 Å². The fourth-order valence-corrected chi connectivity index (χ4v) is 4.96. The zero-order valence-corrected chi connectivity index (χ0v) is 18.2. The first kappa shape index (κ1) is 18.5. The first-order valence-electron chi connectivity index (χ1n) is 9.58. The summed E-state index contributed by atoms with van der Waals surface area (Å²) in [5.41, 5.74) is 5.56. The summed E-state index contributed by atoms with van der Waals surface area (Å²) in [6.45, 7) is 9.08. The predicted octanol–water partition coefficient (Wildman–Crippen LogP) is 7.87. The largest absolute Gasteiger partial charge is 0.0953 e. The molecule has 2 aromatic carbocycles. The number of fused-ring (bicyclic) bond motifs is 2. The van der Waals surface area contributed by atoms with Crippen LogP contribution in [0, 0.1) is 14.9 Å². The fraction of sp³-hybridized carbons (Fsp3) is 0.231. The van der Waals surface area contributed by atoms with Crippen LogP contribution in [-0.4, -0.2) is 0 Å². The smallest absolute Gasteiger partial charge is 0.0209 e. The number of halogens is 1. The topological polar surface area (TPSA) is 0 Å². The molecular formula is C26H25I. The first-order chi connectivity index (χ1) is 13.0. The SMILES string of the molecule is C=C1/C=C\C=C/CC2=CC=C(c3ccc(I)c4ccccc34)CC2C1(C)C. The van der Waals surface area contributed by atoms with E-state index in [1.54, 1.807) is 0 Å². The summed E-state index contributed by atoms with van der Waals surface area (Å²) in [7, 11) is 0. The van der Waals surface area contributed by atoms with Gasteiger partial charge in [-0.1, -0.05) is 92.8 Å². The van der Waals surface area contributed by atoms with Crippen molar-refractivity contribution in [2.24, 2.45) is 11.3 Å². The predicted molar refractivity (Wildman–Crippen MR) is 127 cm³/mol.